The van der Waals surface area contributed by atoms with E-state index < -0.39 is 0 Å². The van der Waals surface area contributed by atoms with Gasteiger partial charge in [-0.1, -0.05) is 17.7 Å². The van der Waals surface area contributed by atoms with Crippen LogP contribution >= 0.6 is 11.8 Å². The minimum absolute atomic E-state index is 1.03. The van der Waals surface area contributed by atoms with Crippen molar-refractivity contribution < 1.29 is 0 Å². The van der Waals surface area contributed by atoms with Gasteiger partial charge >= 0.3 is 0 Å². The predicted octanol–water partition coefficient (Wildman–Crippen LogP) is 2.19. The van der Waals surface area contributed by atoms with E-state index in [9.17, 15) is 0 Å². The SMILES string of the molecule is Cc1ccc2c(c1)CNCCS2. The second kappa shape index (κ2) is 3.50. The summed E-state index contributed by atoms with van der Waals surface area (Å²) in [4.78, 5) is 1.45. The number of rotatable bonds is 0. The molecule has 1 aliphatic rings. The van der Waals surface area contributed by atoms with Gasteiger partial charge in [-0.05, 0) is 18.6 Å². The molecule has 0 aromatic heterocycles. The third-order valence-electron chi connectivity index (χ3n) is 2.07. The first kappa shape index (κ1) is 8.14. The van der Waals surface area contributed by atoms with Crippen LogP contribution in [0, 0.1) is 6.92 Å². The molecule has 0 amide bonds. The molecule has 0 unspecified atom stereocenters. The lowest BCUT2D eigenvalue weighted by atomic mass is 10.1. The zero-order valence-electron chi connectivity index (χ0n) is 7.26. The van der Waals surface area contributed by atoms with E-state index in [2.05, 4.69) is 30.4 Å². The van der Waals surface area contributed by atoms with Crippen LogP contribution in [0.2, 0.25) is 0 Å². The second-order valence-electron chi connectivity index (χ2n) is 3.14. The van der Waals surface area contributed by atoms with Gasteiger partial charge in [-0.2, -0.15) is 0 Å². The summed E-state index contributed by atoms with van der Waals surface area (Å²) >= 11 is 1.96. The van der Waals surface area contributed by atoms with Crippen molar-refractivity contribution in [1.29, 1.82) is 0 Å². The van der Waals surface area contributed by atoms with E-state index in [0.717, 1.165) is 13.1 Å². The van der Waals surface area contributed by atoms with E-state index in [-0.39, 0.29) is 0 Å². The summed E-state index contributed by atoms with van der Waals surface area (Å²) in [5, 5.41) is 3.41. The van der Waals surface area contributed by atoms with Gasteiger partial charge in [0.15, 0.2) is 0 Å². The Kier molecular flexibility index (Phi) is 2.38. The fourth-order valence-electron chi connectivity index (χ4n) is 1.44. The van der Waals surface area contributed by atoms with Crippen LogP contribution in [0.5, 0.6) is 0 Å². The fourth-order valence-corrected chi connectivity index (χ4v) is 2.39. The Morgan fingerprint density at radius 2 is 2.33 bits per heavy atom. The average molecular weight is 179 g/mol. The van der Waals surface area contributed by atoms with Gasteiger partial charge in [0.1, 0.15) is 0 Å². The Balaban J connectivity index is 2.36. The van der Waals surface area contributed by atoms with Crippen LogP contribution in [-0.4, -0.2) is 12.3 Å². The van der Waals surface area contributed by atoms with E-state index in [1.54, 1.807) is 0 Å². The monoisotopic (exact) mass is 179 g/mol. The number of benzene rings is 1. The van der Waals surface area contributed by atoms with E-state index >= 15 is 0 Å². The first-order valence-electron chi connectivity index (χ1n) is 4.29. The first-order chi connectivity index (χ1) is 5.86. The van der Waals surface area contributed by atoms with Crippen LogP contribution in [0.15, 0.2) is 23.1 Å². The lowest BCUT2D eigenvalue weighted by Crippen LogP contribution is -2.13. The number of fused-ring (bicyclic) bond motifs is 1. The van der Waals surface area contributed by atoms with Gasteiger partial charge in [0.2, 0.25) is 0 Å². The molecule has 0 spiro atoms. The lowest BCUT2D eigenvalue weighted by Gasteiger charge is -2.04. The maximum absolute atomic E-state index is 3.41. The molecule has 1 heterocycles. The molecule has 2 rings (SSSR count). The van der Waals surface area contributed by atoms with Crippen molar-refractivity contribution in [3.8, 4) is 0 Å². The van der Waals surface area contributed by atoms with Gasteiger partial charge in [0.05, 0.1) is 0 Å². The third-order valence-corrected chi connectivity index (χ3v) is 3.19. The Bertz CT molecular complexity index is 283. The predicted molar refractivity (Wildman–Crippen MR) is 53.6 cm³/mol. The Hall–Kier alpha value is -0.470. The standard InChI is InChI=1S/C10H13NS/c1-8-2-3-10-9(6-8)7-11-4-5-12-10/h2-3,6,11H,4-5,7H2,1H3. The van der Waals surface area contributed by atoms with Crippen molar-refractivity contribution >= 4 is 11.8 Å². The molecule has 1 aromatic carbocycles. The van der Waals surface area contributed by atoms with Gasteiger partial charge in [-0.15, -0.1) is 11.8 Å². The Morgan fingerprint density at radius 1 is 1.42 bits per heavy atom. The molecule has 0 saturated heterocycles. The van der Waals surface area contributed by atoms with Crippen molar-refractivity contribution in [2.75, 3.05) is 12.3 Å². The smallest absolute Gasteiger partial charge is 0.0217 e. The molecular formula is C10H13NS. The topological polar surface area (TPSA) is 12.0 Å². The molecule has 2 heteroatoms. The Labute approximate surface area is 77.6 Å². The molecule has 0 fully saturated rings. The largest absolute Gasteiger partial charge is 0.312 e. The molecule has 1 aromatic rings. The van der Waals surface area contributed by atoms with Crippen LogP contribution in [0.4, 0.5) is 0 Å². The molecule has 0 saturated carbocycles. The Morgan fingerprint density at radius 3 is 3.25 bits per heavy atom. The van der Waals surface area contributed by atoms with Gasteiger partial charge in [0, 0.05) is 23.7 Å². The third kappa shape index (κ3) is 1.65. The summed E-state index contributed by atoms with van der Waals surface area (Å²) in [6.07, 6.45) is 0. The van der Waals surface area contributed by atoms with Crippen LogP contribution < -0.4 is 5.32 Å². The second-order valence-corrected chi connectivity index (χ2v) is 4.27. The minimum Gasteiger partial charge on any atom is -0.312 e. The molecule has 0 atom stereocenters. The summed E-state index contributed by atoms with van der Waals surface area (Å²) in [5.41, 5.74) is 2.82. The van der Waals surface area contributed by atoms with E-state index in [4.69, 9.17) is 0 Å². The normalized spacial score (nSPS) is 16.8. The highest BCUT2D eigenvalue weighted by Gasteiger charge is 2.06. The first-order valence-corrected chi connectivity index (χ1v) is 5.28. The quantitative estimate of drug-likeness (QED) is 0.655. The maximum Gasteiger partial charge on any atom is 0.0217 e. The van der Waals surface area contributed by atoms with Crippen molar-refractivity contribution in [1.82, 2.24) is 5.32 Å². The van der Waals surface area contributed by atoms with E-state index in [0.29, 0.717) is 0 Å². The van der Waals surface area contributed by atoms with Crippen molar-refractivity contribution in [3.63, 3.8) is 0 Å². The lowest BCUT2D eigenvalue weighted by molar-refractivity contribution is 0.731. The number of thioether (sulfide) groups is 1. The molecule has 0 radical (unpaired) electrons. The minimum atomic E-state index is 1.03. The number of hydrogen-bond acceptors (Lipinski definition) is 2. The molecule has 1 N–H and O–H groups in total. The molecule has 0 bridgehead atoms. The van der Waals surface area contributed by atoms with Crippen molar-refractivity contribution in [2.24, 2.45) is 0 Å². The summed E-state index contributed by atoms with van der Waals surface area (Å²) in [7, 11) is 0. The van der Waals surface area contributed by atoms with Gasteiger partial charge in [0.25, 0.3) is 0 Å². The number of aryl methyl sites for hydroxylation is 1. The van der Waals surface area contributed by atoms with E-state index in [1.165, 1.54) is 21.8 Å². The summed E-state index contributed by atoms with van der Waals surface area (Å²) in [6.45, 7) is 4.30. The molecule has 0 aliphatic carbocycles. The zero-order valence-corrected chi connectivity index (χ0v) is 8.08. The van der Waals surface area contributed by atoms with Crippen LogP contribution in [-0.2, 0) is 6.54 Å². The molecule has 64 valence electrons. The summed E-state index contributed by atoms with van der Waals surface area (Å²) < 4.78 is 0. The van der Waals surface area contributed by atoms with Crippen molar-refractivity contribution in [2.45, 2.75) is 18.4 Å². The highest BCUT2D eigenvalue weighted by molar-refractivity contribution is 7.99. The molecule has 1 nitrogen and oxygen atoms in total. The van der Waals surface area contributed by atoms with Crippen LogP contribution in [0.25, 0.3) is 0 Å². The summed E-state index contributed by atoms with van der Waals surface area (Å²) in [6, 6.07) is 6.71. The highest BCUT2D eigenvalue weighted by Crippen LogP contribution is 2.25. The van der Waals surface area contributed by atoms with Crippen molar-refractivity contribution in [3.05, 3.63) is 29.3 Å². The maximum atomic E-state index is 3.41. The zero-order chi connectivity index (χ0) is 8.39. The van der Waals surface area contributed by atoms with Crippen LogP contribution in [0.1, 0.15) is 11.1 Å². The highest BCUT2D eigenvalue weighted by atomic mass is 32.2. The fraction of sp³-hybridized carbons (Fsp3) is 0.400. The number of hydrogen-bond donors (Lipinski definition) is 1. The molecular weight excluding hydrogens is 166 g/mol. The number of nitrogens with one attached hydrogen (secondary N) is 1. The van der Waals surface area contributed by atoms with Gasteiger partial charge < -0.3 is 5.32 Å². The van der Waals surface area contributed by atoms with Crippen LogP contribution in [0.3, 0.4) is 0 Å². The molecule has 1 aliphatic heterocycles. The van der Waals surface area contributed by atoms with Gasteiger partial charge in [-0.25, -0.2) is 0 Å². The molecule has 12 heavy (non-hydrogen) atoms. The summed E-state index contributed by atoms with van der Waals surface area (Å²) in [5.74, 6) is 1.19. The van der Waals surface area contributed by atoms with E-state index in [1.807, 2.05) is 11.8 Å². The van der Waals surface area contributed by atoms with Gasteiger partial charge in [-0.3, -0.25) is 0 Å². The average Bonchev–Trinajstić information content (AvgIpc) is 2.28.